The summed E-state index contributed by atoms with van der Waals surface area (Å²) in [7, 11) is 0. The lowest BCUT2D eigenvalue weighted by molar-refractivity contribution is -0.132. The largest absolute Gasteiger partial charge is 0.487 e. The molecule has 0 spiro atoms. The molecule has 2 aromatic rings. The molecule has 2 fully saturated rings. The van der Waals surface area contributed by atoms with Crippen LogP contribution in [0.25, 0.3) is 0 Å². The van der Waals surface area contributed by atoms with E-state index in [1.807, 2.05) is 13.0 Å². The summed E-state index contributed by atoms with van der Waals surface area (Å²) in [5, 5.41) is 2.71. The Kier molecular flexibility index (Phi) is 7.05. The van der Waals surface area contributed by atoms with E-state index < -0.39 is 12.5 Å². The van der Waals surface area contributed by atoms with Crippen LogP contribution in [0.1, 0.15) is 49.3 Å². The first-order valence-corrected chi connectivity index (χ1v) is 11.2. The monoisotopic (exact) mass is 459 g/mol. The molecule has 33 heavy (non-hydrogen) atoms. The molecule has 1 aliphatic heterocycles. The van der Waals surface area contributed by atoms with Gasteiger partial charge in [-0.1, -0.05) is 12.1 Å². The molecule has 1 N–H and O–H groups in total. The number of rotatable bonds is 8. The normalized spacial score (nSPS) is 18.7. The number of hydrogen-bond acceptors (Lipinski definition) is 5. The number of likely N-dealkylation sites (tertiary alicyclic amines) is 1. The number of ether oxygens (including phenoxy) is 2. The van der Waals surface area contributed by atoms with Gasteiger partial charge in [-0.25, -0.2) is 4.98 Å². The summed E-state index contributed by atoms with van der Waals surface area (Å²) in [6.07, 6.45) is 4.26. The summed E-state index contributed by atoms with van der Waals surface area (Å²) in [5.74, 6) is -0.347. The van der Waals surface area contributed by atoms with Gasteiger partial charge in [-0.05, 0) is 68.9 Å². The molecule has 2 aliphatic rings. The van der Waals surface area contributed by atoms with Crippen molar-refractivity contribution in [1.82, 2.24) is 9.88 Å². The molecule has 9 heteroatoms. The summed E-state index contributed by atoms with van der Waals surface area (Å²) < 4.78 is 36.3. The number of anilines is 1. The fourth-order valence-corrected chi connectivity index (χ4v) is 4.39. The van der Waals surface area contributed by atoms with Crippen LogP contribution in [0.2, 0.25) is 0 Å². The molecule has 4 rings (SSSR count). The number of alkyl halides is 2. The van der Waals surface area contributed by atoms with Crippen LogP contribution in [-0.4, -0.2) is 47.5 Å². The van der Waals surface area contributed by atoms with E-state index in [1.165, 1.54) is 11.0 Å². The smallest absolute Gasteiger partial charge is 0.387 e. The maximum Gasteiger partial charge on any atom is 0.387 e. The van der Waals surface area contributed by atoms with Crippen LogP contribution < -0.4 is 14.8 Å². The molecular weight excluding hydrogens is 432 g/mol. The van der Waals surface area contributed by atoms with Gasteiger partial charge in [-0.15, -0.1) is 0 Å². The van der Waals surface area contributed by atoms with Gasteiger partial charge in [0.2, 0.25) is 11.8 Å². The molecule has 0 unspecified atom stereocenters. The molecule has 7 nitrogen and oxygen atoms in total. The Morgan fingerprint density at radius 2 is 1.97 bits per heavy atom. The quantitative estimate of drug-likeness (QED) is 0.638. The molecule has 2 amide bonds. The van der Waals surface area contributed by atoms with Gasteiger partial charge < -0.3 is 19.7 Å². The van der Waals surface area contributed by atoms with Crippen LogP contribution in [-0.2, 0) is 9.59 Å². The number of pyridine rings is 1. The number of benzene rings is 1. The molecule has 0 radical (unpaired) electrons. The molecule has 176 valence electrons. The van der Waals surface area contributed by atoms with Crippen molar-refractivity contribution in [3.05, 3.63) is 47.7 Å². The fraction of sp³-hybridized carbons (Fsp3) is 0.458. The van der Waals surface area contributed by atoms with Gasteiger partial charge in [0.1, 0.15) is 5.82 Å². The maximum atomic E-state index is 13.0. The van der Waals surface area contributed by atoms with Crippen molar-refractivity contribution in [1.29, 1.82) is 0 Å². The second-order valence-electron chi connectivity index (χ2n) is 8.42. The van der Waals surface area contributed by atoms with Crippen LogP contribution in [0.3, 0.4) is 0 Å². The number of carbonyl (C=O) groups is 2. The van der Waals surface area contributed by atoms with Gasteiger partial charge in [0.25, 0.3) is 0 Å². The summed E-state index contributed by atoms with van der Waals surface area (Å²) in [6.45, 7) is -0.797. The molecule has 1 atom stereocenters. The minimum atomic E-state index is -2.97. The highest BCUT2D eigenvalue weighted by atomic mass is 19.3. The minimum Gasteiger partial charge on any atom is -0.487 e. The molecular formula is C24H27F2N3O4. The first-order chi connectivity index (χ1) is 15.9. The highest BCUT2D eigenvalue weighted by Crippen LogP contribution is 2.38. The standard InChI is InChI=1S/C24H27F2N3O4/c1-15-5-4-8-21(27-15)28-22(30)14-29-12-11-18(23(29)31)16-9-10-19(33-24(25)26)20(13-16)32-17-6-2-3-7-17/h4-5,8-10,13,17-18,24H,2-3,6-7,11-12,14H2,1H3,(H,27,28,30)/t18-/m0/s1. The van der Waals surface area contributed by atoms with Crippen molar-refractivity contribution >= 4 is 17.6 Å². The zero-order valence-corrected chi connectivity index (χ0v) is 18.4. The first kappa shape index (κ1) is 22.9. The highest BCUT2D eigenvalue weighted by Gasteiger charge is 2.34. The number of hydrogen-bond donors (Lipinski definition) is 1. The van der Waals surface area contributed by atoms with E-state index in [9.17, 15) is 18.4 Å². The fourth-order valence-electron chi connectivity index (χ4n) is 4.39. The van der Waals surface area contributed by atoms with Gasteiger partial charge >= 0.3 is 6.61 Å². The van der Waals surface area contributed by atoms with Gasteiger partial charge in [-0.3, -0.25) is 9.59 Å². The Labute approximate surface area is 191 Å². The highest BCUT2D eigenvalue weighted by molar-refractivity contribution is 5.95. The number of carbonyl (C=O) groups excluding carboxylic acids is 2. The van der Waals surface area contributed by atoms with E-state index in [0.717, 1.165) is 31.4 Å². The second-order valence-corrected chi connectivity index (χ2v) is 8.42. The van der Waals surface area contributed by atoms with Crippen LogP contribution >= 0.6 is 0 Å². The Morgan fingerprint density at radius 1 is 1.18 bits per heavy atom. The van der Waals surface area contributed by atoms with Crippen molar-refractivity contribution in [3.63, 3.8) is 0 Å². The van der Waals surface area contributed by atoms with Gasteiger partial charge in [0.05, 0.1) is 18.6 Å². The molecule has 1 aliphatic carbocycles. The van der Waals surface area contributed by atoms with Gasteiger partial charge in [0.15, 0.2) is 11.5 Å². The zero-order chi connectivity index (χ0) is 23.4. The van der Waals surface area contributed by atoms with E-state index in [0.29, 0.717) is 24.3 Å². The predicted molar refractivity (Wildman–Crippen MR) is 117 cm³/mol. The van der Waals surface area contributed by atoms with E-state index >= 15 is 0 Å². The number of halogens is 2. The third-order valence-electron chi connectivity index (χ3n) is 5.97. The average Bonchev–Trinajstić information content (AvgIpc) is 3.39. The van der Waals surface area contributed by atoms with Gasteiger partial charge in [0, 0.05) is 12.2 Å². The third-order valence-corrected chi connectivity index (χ3v) is 5.97. The topological polar surface area (TPSA) is 80.8 Å². The number of aryl methyl sites for hydroxylation is 1. The lowest BCUT2D eigenvalue weighted by Gasteiger charge is -2.19. The number of nitrogens with zero attached hydrogens (tertiary/aromatic N) is 2. The molecule has 1 saturated heterocycles. The Morgan fingerprint density at radius 3 is 2.70 bits per heavy atom. The lowest BCUT2D eigenvalue weighted by atomic mass is 9.97. The minimum absolute atomic E-state index is 0.0343. The van der Waals surface area contributed by atoms with E-state index in [2.05, 4.69) is 15.0 Å². The predicted octanol–water partition coefficient (Wildman–Crippen LogP) is 4.27. The summed E-state index contributed by atoms with van der Waals surface area (Å²) >= 11 is 0. The van der Waals surface area contributed by atoms with Crippen molar-refractivity contribution < 1.29 is 27.8 Å². The Balaban J connectivity index is 1.44. The van der Waals surface area contributed by atoms with E-state index in [1.54, 1.807) is 24.3 Å². The average molecular weight is 459 g/mol. The second kappa shape index (κ2) is 10.1. The lowest BCUT2D eigenvalue weighted by Crippen LogP contribution is -2.35. The van der Waals surface area contributed by atoms with Crippen molar-refractivity contribution in [3.8, 4) is 11.5 Å². The Bertz CT molecular complexity index is 1010. The molecule has 1 aromatic heterocycles. The zero-order valence-electron chi connectivity index (χ0n) is 18.4. The molecule has 1 saturated carbocycles. The summed E-state index contributed by atoms with van der Waals surface area (Å²) in [5.41, 5.74) is 1.44. The molecule has 1 aromatic carbocycles. The number of amides is 2. The summed E-state index contributed by atoms with van der Waals surface area (Å²) in [4.78, 5) is 31.1. The maximum absolute atomic E-state index is 13.0. The number of nitrogens with one attached hydrogen (secondary N) is 1. The van der Waals surface area contributed by atoms with E-state index in [4.69, 9.17) is 4.74 Å². The van der Waals surface area contributed by atoms with Crippen molar-refractivity contribution in [2.75, 3.05) is 18.4 Å². The Hall–Kier alpha value is -3.23. The SMILES string of the molecule is Cc1cccc(NC(=O)CN2CC[C@@H](c3ccc(OC(F)F)c(OC4CCCC4)c3)C2=O)n1. The van der Waals surface area contributed by atoms with Crippen molar-refractivity contribution in [2.24, 2.45) is 0 Å². The van der Waals surface area contributed by atoms with Crippen LogP contribution in [0.15, 0.2) is 36.4 Å². The van der Waals surface area contributed by atoms with Gasteiger partial charge in [-0.2, -0.15) is 8.78 Å². The summed E-state index contributed by atoms with van der Waals surface area (Å²) in [6, 6.07) is 9.97. The van der Waals surface area contributed by atoms with Crippen molar-refractivity contribution in [2.45, 2.75) is 57.7 Å². The molecule has 0 bridgehead atoms. The van der Waals surface area contributed by atoms with Crippen LogP contribution in [0.5, 0.6) is 11.5 Å². The number of aromatic nitrogens is 1. The molecule has 2 heterocycles. The van der Waals surface area contributed by atoms with E-state index in [-0.39, 0.29) is 36.0 Å². The van der Waals surface area contributed by atoms with Crippen LogP contribution in [0.4, 0.5) is 14.6 Å². The van der Waals surface area contributed by atoms with Crippen LogP contribution in [0, 0.1) is 6.92 Å². The third kappa shape index (κ3) is 5.77. The first-order valence-electron chi connectivity index (χ1n) is 11.2.